The van der Waals surface area contributed by atoms with Crippen LogP contribution in [-0.2, 0) is 9.59 Å². The Hall–Kier alpha value is -3.53. The van der Waals surface area contributed by atoms with Crippen molar-refractivity contribution in [3.63, 3.8) is 0 Å². The van der Waals surface area contributed by atoms with E-state index in [1.54, 1.807) is 50.2 Å². The maximum atomic E-state index is 15.2. The zero-order valence-electron chi connectivity index (χ0n) is 23.4. The molecule has 0 spiro atoms. The number of rotatable bonds is 8. The Labute approximate surface area is 232 Å². The van der Waals surface area contributed by atoms with Crippen LogP contribution in [0.25, 0.3) is 0 Å². The second-order valence-corrected chi connectivity index (χ2v) is 11.6. The smallest absolute Gasteiger partial charge is 0.272 e. The van der Waals surface area contributed by atoms with Gasteiger partial charge in [-0.05, 0) is 49.9 Å². The minimum atomic E-state index is -3.40. The van der Waals surface area contributed by atoms with Crippen LogP contribution in [0.4, 0.5) is 8.78 Å². The van der Waals surface area contributed by atoms with Crippen molar-refractivity contribution >= 4 is 17.7 Å². The molecule has 3 unspecified atom stereocenters. The van der Waals surface area contributed by atoms with E-state index >= 15 is 8.78 Å². The molecule has 1 heterocycles. The fourth-order valence-electron chi connectivity index (χ4n) is 5.74. The minimum absolute atomic E-state index is 0.0753. The molecule has 8 nitrogen and oxygen atoms in total. The van der Waals surface area contributed by atoms with Crippen LogP contribution in [0, 0.1) is 19.3 Å². The first kappa shape index (κ1) is 29.5. The number of hydrogen-bond acceptors (Lipinski definition) is 5. The molecule has 1 saturated heterocycles. The van der Waals surface area contributed by atoms with E-state index in [4.69, 9.17) is 0 Å². The number of halogens is 2. The van der Waals surface area contributed by atoms with Gasteiger partial charge in [0.25, 0.3) is 17.7 Å². The van der Waals surface area contributed by atoms with E-state index in [-0.39, 0.29) is 24.3 Å². The highest BCUT2D eigenvalue weighted by molar-refractivity contribution is 5.99. The average molecular weight is 558 g/mol. The van der Waals surface area contributed by atoms with Crippen molar-refractivity contribution in [2.24, 2.45) is 5.41 Å². The van der Waals surface area contributed by atoms with Crippen molar-refractivity contribution in [3.05, 3.63) is 64.7 Å². The number of aryl methyl sites for hydroxylation is 1. The maximum Gasteiger partial charge on any atom is 0.272 e. The van der Waals surface area contributed by atoms with Gasteiger partial charge in [0, 0.05) is 23.6 Å². The number of aliphatic hydroxyl groups excluding tert-OH is 1. The van der Waals surface area contributed by atoms with Crippen molar-refractivity contribution in [3.8, 4) is 5.75 Å². The van der Waals surface area contributed by atoms with Gasteiger partial charge in [0.2, 0.25) is 5.91 Å². The molecule has 0 aromatic heterocycles. The van der Waals surface area contributed by atoms with Crippen LogP contribution in [0.3, 0.4) is 0 Å². The predicted octanol–water partition coefficient (Wildman–Crippen LogP) is 3.42. The van der Waals surface area contributed by atoms with Crippen LogP contribution < -0.4 is 10.6 Å². The number of likely N-dealkylation sites (tertiary alicyclic amines) is 1. The SMILES string of the molecule is CCCNC(=O)[C@H]1N(C(=O)C(O)C2(NC(=O)c3cc(C)cc(O)c3C)CC2c2ccccc2)CC(F)(F)C1(C)C. The molecule has 1 saturated carbocycles. The fourth-order valence-corrected chi connectivity index (χ4v) is 5.74. The molecule has 2 aromatic carbocycles. The third kappa shape index (κ3) is 4.93. The van der Waals surface area contributed by atoms with E-state index in [0.29, 0.717) is 17.5 Å². The normalized spacial score (nSPS) is 25.2. The molecule has 2 fully saturated rings. The molecule has 40 heavy (non-hydrogen) atoms. The lowest BCUT2D eigenvalue weighted by atomic mass is 9.81. The highest BCUT2D eigenvalue weighted by atomic mass is 19.3. The molecular formula is C30H37F2N3O5. The summed E-state index contributed by atoms with van der Waals surface area (Å²) in [6.07, 6.45) is -1.16. The Kier molecular flexibility index (Phi) is 7.70. The zero-order valence-corrected chi connectivity index (χ0v) is 23.4. The molecule has 216 valence electrons. The summed E-state index contributed by atoms with van der Waals surface area (Å²) >= 11 is 0. The number of benzene rings is 2. The molecule has 0 bridgehead atoms. The van der Waals surface area contributed by atoms with Crippen LogP contribution in [0.2, 0.25) is 0 Å². The van der Waals surface area contributed by atoms with E-state index in [0.717, 1.165) is 10.5 Å². The summed E-state index contributed by atoms with van der Waals surface area (Å²) in [4.78, 5) is 41.1. The molecule has 1 aliphatic heterocycles. The fraction of sp³-hybridized carbons (Fsp3) is 0.500. The zero-order chi connectivity index (χ0) is 29.6. The number of carbonyl (C=O) groups is 3. The quantitative estimate of drug-likeness (QED) is 0.397. The first-order valence-corrected chi connectivity index (χ1v) is 13.5. The third-order valence-electron chi connectivity index (χ3n) is 8.43. The molecule has 10 heteroatoms. The number of carbonyl (C=O) groups excluding carboxylic acids is 3. The second-order valence-electron chi connectivity index (χ2n) is 11.6. The summed E-state index contributed by atoms with van der Waals surface area (Å²) < 4.78 is 30.4. The van der Waals surface area contributed by atoms with Gasteiger partial charge in [-0.1, -0.05) is 51.1 Å². The first-order valence-electron chi connectivity index (χ1n) is 13.5. The molecule has 1 aliphatic carbocycles. The highest BCUT2D eigenvalue weighted by Gasteiger charge is 2.68. The number of nitrogens with zero attached hydrogens (tertiary/aromatic N) is 1. The Morgan fingerprint density at radius 3 is 2.40 bits per heavy atom. The van der Waals surface area contributed by atoms with Crippen molar-refractivity contribution in [1.82, 2.24) is 15.5 Å². The molecular weight excluding hydrogens is 520 g/mol. The van der Waals surface area contributed by atoms with Crippen molar-refractivity contribution in [2.75, 3.05) is 13.1 Å². The lowest BCUT2D eigenvalue weighted by Crippen LogP contribution is -2.59. The third-order valence-corrected chi connectivity index (χ3v) is 8.43. The summed E-state index contributed by atoms with van der Waals surface area (Å²) in [5.41, 5.74) is -1.52. The number of phenolic OH excluding ortho intramolecular Hbond substituents is 1. The Bertz CT molecular complexity index is 1320. The van der Waals surface area contributed by atoms with E-state index in [2.05, 4.69) is 10.6 Å². The van der Waals surface area contributed by atoms with Gasteiger partial charge in [0.05, 0.1) is 17.5 Å². The van der Waals surface area contributed by atoms with Gasteiger partial charge in [0.1, 0.15) is 11.8 Å². The molecule has 4 rings (SSSR count). The topological polar surface area (TPSA) is 119 Å². The van der Waals surface area contributed by atoms with Crippen LogP contribution in [0.5, 0.6) is 5.75 Å². The van der Waals surface area contributed by atoms with E-state index in [1.165, 1.54) is 19.9 Å². The Balaban J connectivity index is 1.71. The van der Waals surface area contributed by atoms with Gasteiger partial charge in [0.15, 0.2) is 6.10 Å². The lowest BCUT2D eigenvalue weighted by Gasteiger charge is -2.34. The average Bonchev–Trinajstić information content (AvgIpc) is 3.58. The minimum Gasteiger partial charge on any atom is -0.508 e. The van der Waals surface area contributed by atoms with Gasteiger partial charge in [-0.15, -0.1) is 0 Å². The van der Waals surface area contributed by atoms with Crippen molar-refractivity contribution in [1.29, 1.82) is 0 Å². The van der Waals surface area contributed by atoms with Crippen LogP contribution in [0.15, 0.2) is 42.5 Å². The molecule has 0 radical (unpaired) electrons. The molecule has 2 aliphatic rings. The highest BCUT2D eigenvalue weighted by Crippen LogP contribution is 2.55. The number of aromatic hydroxyl groups is 1. The Morgan fingerprint density at radius 1 is 1.12 bits per heavy atom. The maximum absolute atomic E-state index is 15.2. The van der Waals surface area contributed by atoms with E-state index in [1.807, 2.05) is 6.92 Å². The number of nitrogens with one attached hydrogen (secondary N) is 2. The largest absolute Gasteiger partial charge is 0.508 e. The summed E-state index contributed by atoms with van der Waals surface area (Å²) in [5, 5.41) is 27.2. The van der Waals surface area contributed by atoms with Crippen LogP contribution >= 0.6 is 0 Å². The van der Waals surface area contributed by atoms with Crippen molar-refractivity contribution in [2.45, 2.75) is 77.0 Å². The van der Waals surface area contributed by atoms with Gasteiger partial charge in [-0.2, -0.15) is 0 Å². The summed E-state index contributed by atoms with van der Waals surface area (Å²) in [5.74, 6) is -6.35. The molecule has 3 amide bonds. The second kappa shape index (κ2) is 10.5. The van der Waals surface area contributed by atoms with Gasteiger partial charge < -0.3 is 25.7 Å². The number of amides is 3. The van der Waals surface area contributed by atoms with Gasteiger partial charge in [-0.25, -0.2) is 8.78 Å². The van der Waals surface area contributed by atoms with Crippen LogP contribution in [-0.4, -0.2) is 69.5 Å². The molecule has 4 N–H and O–H groups in total. The van der Waals surface area contributed by atoms with Crippen molar-refractivity contribution < 1.29 is 33.4 Å². The number of alkyl halides is 2. The number of hydrogen-bond donors (Lipinski definition) is 4. The lowest BCUT2D eigenvalue weighted by molar-refractivity contribution is -0.148. The predicted molar refractivity (Wildman–Crippen MR) is 145 cm³/mol. The molecule has 4 atom stereocenters. The van der Waals surface area contributed by atoms with Gasteiger partial charge >= 0.3 is 0 Å². The summed E-state index contributed by atoms with van der Waals surface area (Å²) in [6.45, 7) is 6.79. The van der Waals surface area contributed by atoms with E-state index in [9.17, 15) is 24.6 Å². The van der Waals surface area contributed by atoms with E-state index < -0.39 is 59.2 Å². The first-order chi connectivity index (χ1) is 18.7. The van der Waals surface area contributed by atoms with Crippen LogP contribution in [0.1, 0.15) is 66.6 Å². The Morgan fingerprint density at radius 2 is 1.77 bits per heavy atom. The number of phenols is 1. The van der Waals surface area contributed by atoms with Gasteiger partial charge in [-0.3, -0.25) is 14.4 Å². The number of aliphatic hydroxyl groups is 1. The molecule has 2 aromatic rings. The summed E-state index contributed by atoms with van der Waals surface area (Å²) in [7, 11) is 0. The standard InChI is InChI=1S/C30H37F2N3O5/c1-6-12-33-26(39)23-28(4,5)30(31,32)16-35(23)27(40)24(37)29(15-21(29)19-10-8-7-9-11-19)34-25(38)20-13-17(2)14-22(36)18(20)3/h7-11,13-14,21,23-24,36-37H,6,12,15-16H2,1-5H3,(H,33,39)(H,34,38)/t21?,23-,24?,29?/m1/s1. The monoisotopic (exact) mass is 557 g/mol. The summed E-state index contributed by atoms with van der Waals surface area (Å²) in [6, 6.07) is 10.6.